The number of nitrogens with zero attached hydrogens (tertiary/aromatic N) is 1. The molecule has 0 saturated carbocycles. The normalized spacial score (nSPS) is 10.8. The Labute approximate surface area is 102 Å². The minimum atomic E-state index is -4.06. The predicted octanol–water partition coefficient (Wildman–Crippen LogP) is 0.575. The van der Waals surface area contributed by atoms with Crippen molar-refractivity contribution in [2.45, 2.75) is 4.90 Å². The smallest absolute Gasteiger partial charge is 0.318 e. The van der Waals surface area contributed by atoms with Crippen LogP contribution in [0.4, 0.5) is 0 Å². The first-order valence-electron chi connectivity index (χ1n) is 4.28. The van der Waals surface area contributed by atoms with Gasteiger partial charge in [-0.25, -0.2) is 8.42 Å². The molecule has 0 heterocycles. The molecule has 17 heavy (non-hydrogen) atoms. The van der Waals surface area contributed by atoms with Gasteiger partial charge < -0.3 is 5.11 Å². The van der Waals surface area contributed by atoms with E-state index in [1.54, 1.807) is 6.07 Å². The maximum Gasteiger partial charge on any atom is 0.318 e. The molecule has 0 radical (unpaired) electrons. The highest BCUT2D eigenvalue weighted by molar-refractivity contribution is 7.89. The van der Waals surface area contributed by atoms with Crippen LogP contribution in [0.5, 0.6) is 0 Å². The highest BCUT2D eigenvalue weighted by atomic mass is 35.5. The third-order valence-electron chi connectivity index (χ3n) is 1.77. The number of halogens is 1. The zero-order valence-corrected chi connectivity index (χ0v) is 9.92. The topological polar surface area (TPSA) is 107 Å². The molecule has 0 bridgehead atoms. The first-order chi connectivity index (χ1) is 7.86. The van der Waals surface area contributed by atoms with Crippen molar-refractivity contribution in [1.29, 1.82) is 5.26 Å². The van der Waals surface area contributed by atoms with Crippen molar-refractivity contribution in [2.24, 2.45) is 0 Å². The summed E-state index contributed by atoms with van der Waals surface area (Å²) in [4.78, 5) is 9.94. The van der Waals surface area contributed by atoms with E-state index in [4.69, 9.17) is 22.0 Å². The number of aliphatic carboxylic acids is 1. The lowest BCUT2D eigenvalue weighted by Crippen LogP contribution is -2.29. The molecule has 0 amide bonds. The Kier molecular flexibility index (Phi) is 4.07. The fourth-order valence-corrected chi connectivity index (χ4v) is 2.44. The second-order valence-electron chi connectivity index (χ2n) is 2.97. The molecule has 8 heteroatoms. The van der Waals surface area contributed by atoms with Crippen LogP contribution in [-0.4, -0.2) is 26.0 Å². The number of nitriles is 1. The lowest BCUT2D eigenvalue weighted by Gasteiger charge is -2.06. The van der Waals surface area contributed by atoms with Crippen LogP contribution in [0.2, 0.25) is 5.02 Å². The van der Waals surface area contributed by atoms with E-state index in [1.807, 2.05) is 4.72 Å². The lowest BCUT2D eigenvalue weighted by molar-refractivity contribution is -0.135. The Hall–Kier alpha value is -1.62. The van der Waals surface area contributed by atoms with Gasteiger partial charge in [0.05, 0.1) is 5.56 Å². The van der Waals surface area contributed by atoms with Crippen molar-refractivity contribution in [2.75, 3.05) is 6.54 Å². The van der Waals surface area contributed by atoms with Gasteiger partial charge in [-0.2, -0.15) is 9.98 Å². The fraction of sp³-hybridized carbons (Fsp3) is 0.111. The van der Waals surface area contributed by atoms with Crippen molar-refractivity contribution < 1.29 is 18.3 Å². The van der Waals surface area contributed by atoms with Gasteiger partial charge in [0.2, 0.25) is 10.0 Å². The summed E-state index contributed by atoms with van der Waals surface area (Å²) in [6.45, 7) is -0.764. The van der Waals surface area contributed by atoms with E-state index >= 15 is 0 Å². The van der Waals surface area contributed by atoms with Gasteiger partial charge in [0.25, 0.3) is 0 Å². The summed E-state index contributed by atoms with van der Waals surface area (Å²) in [6.07, 6.45) is 0. The van der Waals surface area contributed by atoms with Crippen LogP contribution in [0.25, 0.3) is 0 Å². The molecule has 1 aromatic carbocycles. The summed E-state index contributed by atoms with van der Waals surface area (Å²) in [5, 5.41) is 17.3. The number of carboxylic acid groups (broad SMARTS) is 1. The third-order valence-corrected chi connectivity index (χ3v) is 3.44. The summed E-state index contributed by atoms with van der Waals surface area (Å²) in [5.41, 5.74) is -0.104. The molecule has 90 valence electrons. The monoisotopic (exact) mass is 274 g/mol. The summed E-state index contributed by atoms with van der Waals surface area (Å²) < 4.78 is 25.2. The Morgan fingerprint density at radius 3 is 2.71 bits per heavy atom. The van der Waals surface area contributed by atoms with Gasteiger partial charge in [0.1, 0.15) is 17.5 Å². The molecule has 0 saturated heterocycles. The number of benzene rings is 1. The first kappa shape index (κ1) is 13.4. The molecule has 0 atom stereocenters. The van der Waals surface area contributed by atoms with Crippen LogP contribution in [0.3, 0.4) is 0 Å². The van der Waals surface area contributed by atoms with E-state index < -0.39 is 22.5 Å². The number of hydrogen-bond acceptors (Lipinski definition) is 4. The molecular formula is C9H7ClN2O4S. The Morgan fingerprint density at radius 1 is 1.53 bits per heavy atom. The second kappa shape index (κ2) is 5.14. The molecule has 2 N–H and O–H groups in total. The van der Waals surface area contributed by atoms with Gasteiger partial charge in [-0.3, -0.25) is 4.79 Å². The molecule has 6 nitrogen and oxygen atoms in total. The summed E-state index contributed by atoms with van der Waals surface area (Å²) in [6, 6.07) is 5.40. The Bertz CT molecular complexity index is 592. The minimum Gasteiger partial charge on any atom is -0.480 e. The Morgan fingerprint density at radius 2 is 2.18 bits per heavy atom. The fourth-order valence-electron chi connectivity index (χ4n) is 1.05. The average molecular weight is 275 g/mol. The zero-order valence-electron chi connectivity index (χ0n) is 8.34. The lowest BCUT2D eigenvalue weighted by atomic mass is 10.2. The van der Waals surface area contributed by atoms with Crippen molar-refractivity contribution >= 4 is 27.6 Å². The number of sulfonamides is 1. The van der Waals surface area contributed by atoms with Gasteiger partial charge in [-0.05, 0) is 18.2 Å². The van der Waals surface area contributed by atoms with E-state index in [-0.39, 0.29) is 15.5 Å². The van der Waals surface area contributed by atoms with Crippen LogP contribution in [-0.2, 0) is 14.8 Å². The Balaban J connectivity index is 3.19. The van der Waals surface area contributed by atoms with Crippen LogP contribution in [0, 0.1) is 11.3 Å². The summed E-state index contributed by atoms with van der Waals surface area (Å²) in [5.74, 6) is -1.32. The summed E-state index contributed by atoms with van der Waals surface area (Å²) in [7, 11) is -4.06. The van der Waals surface area contributed by atoms with E-state index in [0.717, 1.165) is 6.07 Å². The van der Waals surface area contributed by atoms with E-state index in [0.29, 0.717) is 0 Å². The number of carboxylic acids is 1. The molecule has 0 unspecified atom stereocenters. The van der Waals surface area contributed by atoms with Crippen molar-refractivity contribution in [1.82, 2.24) is 4.72 Å². The molecule has 0 fully saturated rings. The molecule has 0 aromatic heterocycles. The predicted molar refractivity (Wildman–Crippen MR) is 59.0 cm³/mol. The van der Waals surface area contributed by atoms with Crippen LogP contribution in [0.1, 0.15) is 5.56 Å². The van der Waals surface area contributed by atoms with Crippen molar-refractivity contribution in [3.05, 3.63) is 28.8 Å². The number of hydrogen-bond donors (Lipinski definition) is 2. The SMILES string of the molecule is N#Cc1ccc(Cl)cc1S(=O)(=O)NCC(=O)O. The van der Waals surface area contributed by atoms with Gasteiger partial charge in [0.15, 0.2) is 0 Å². The maximum atomic E-state index is 11.7. The molecule has 1 aromatic rings. The quantitative estimate of drug-likeness (QED) is 0.835. The number of nitrogens with one attached hydrogen (secondary N) is 1. The second-order valence-corrected chi connectivity index (χ2v) is 5.14. The van der Waals surface area contributed by atoms with Gasteiger partial charge in [-0.1, -0.05) is 11.6 Å². The molecule has 0 aliphatic rings. The van der Waals surface area contributed by atoms with E-state index in [1.165, 1.54) is 12.1 Å². The van der Waals surface area contributed by atoms with Crippen LogP contribution in [0.15, 0.2) is 23.1 Å². The van der Waals surface area contributed by atoms with Gasteiger partial charge in [-0.15, -0.1) is 0 Å². The van der Waals surface area contributed by atoms with Gasteiger partial charge >= 0.3 is 5.97 Å². The van der Waals surface area contributed by atoms with Crippen LogP contribution < -0.4 is 4.72 Å². The third kappa shape index (κ3) is 3.42. The van der Waals surface area contributed by atoms with Crippen LogP contribution >= 0.6 is 11.6 Å². The number of rotatable bonds is 4. The number of carbonyl (C=O) groups is 1. The largest absolute Gasteiger partial charge is 0.480 e. The minimum absolute atomic E-state index is 0.104. The standard InChI is InChI=1S/C9H7ClN2O4S/c10-7-2-1-6(4-11)8(3-7)17(15,16)12-5-9(13)14/h1-3,12H,5H2,(H,13,14). The molecule has 0 spiro atoms. The van der Waals surface area contributed by atoms with Crippen molar-refractivity contribution in [3.63, 3.8) is 0 Å². The molecular weight excluding hydrogens is 268 g/mol. The first-order valence-corrected chi connectivity index (χ1v) is 6.14. The van der Waals surface area contributed by atoms with Crippen molar-refractivity contribution in [3.8, 4) is 6.07 Å². The molecule has 0 aliphatic heterocycles. The molecule has 1 rings (SSSR count). The molecule has 0 aliphatic carbocycles. The van der Waals surface area contributed by atoms with Gasteiger partial charge in [0, 0.05) is 5.02 Å². The highest BCUT2D eigenvalue weighted by Gasteiger charge is 2.19. The highest BCUT2D eigenvalue weighted by Crippen LogP contribution is 2.19. The average Bonchev–Trinajstić information content (AvgIpc) is 2.26. The maximum absolute atomic E-state index is 11.7. The van der Waals surface area contributed by atoms with E-state index in [9.17, 15) is 13.2 Å². The summed E-state index contributed by atoms with van der Waals surface area (Å²) >= 11 is 5.62. The van der Waals surface area contributed by atoms with E-state index in [2.05, 4.69) is 0 Å². The zero-order chi connectivity index (χ0) is 13.1.